The lowest BCUT2D eigenvalue weighted by Crippen LogP contribution is -1.99. The number of aromatic nitrogens is 4. The van der Waals surface area contributed by atoms with Gasteiger partial charge in [0.15, 0.2) is 9.99 Å². The van der Waals surface area contributed by atoms with Crippen molar-refractivity contribution in [1.82, 2.24) is 19.9 Å². The summed E-state index contributed by atoms with van der Waals surface area (Å²) in [5, 5.41) is 9.62. The van der Waals surface area contributed by atoms with Crippen LogP contribution in [0, 0.1) is 6.92 Å². The molecule has 0 fully saturated rings. The SMILES string of the molecule is Cc1nc(Sc2ccc3nccnc3n2)sc1CC(=O)O. The molecular weight excluding hydrogens is 308 g/mol. The van der Waals surface area contributed by atoms with Crippen LogP contribution in [-0.4, -0.2) is 31.0 Å². The van der Waals surface area contributed by atoms with E-state index in [9.17, 15) is 4.79 Å². The number of hydrogen-bond donors (Lipinski definition) is 1. The van der Waals surface area contributed by atoms with Gasteiger partial charge >= 0.3 is 5.97 Å². The van der Waals surface area contributed by atoms with Crippen molar-refractivity contribution >= 4 is 40.2 Å². The Balaban J connectivity index is 1.86. The number of thiazole rings is 1. The van der Waals surface area contributed by atoms with E-state index in [1.54, 1.807) is 12.4 Å². The molecule has 3 heterocycles. The van der Waals surface area contributed by atoms with Gasteiger partial charge in [-0.15, -0.1) is 11.3 Å². The molecule has 0 amide bonds. The first-order valence-corrected chi connectivity index (χ1v) is 7.69. The van der Waals surface area contributed by atoms with Crippen LogP contribution in [0.3, 0.4) is 0 Å². The summed E-state index contributed by atoms with van der Waals surface area (Å²) in [5.41, 5.74) is 2.08. The van der Waals surface area contributed by atoms with Crippen LogP contribution in [-0.2, 0) is 11.2 Å². The average molecular weight is 318 g/mol. The third-order valence-corrected chi connectivity index (χ3v) is 4.84. The molecular formula is C13H10N4O2S2. The van der Waals surface area contributed by atoms with E-state index < -0.39 is 5.97 Å². The van der Waals surface area contributed by atoms with Crippen molar-refractivity contribution in [3.05, 3.63) is 35.1 Å². The van der Waals surface area contributed by atoms with E-state index in [1.165, 1.54) is 23.1 Å². The molecule has 0 atom stereocenters. The summed E-state index contributed by atoms with van der Waals surface area (Å²) in [4.78, 5) is 28.7. The average Bonchev–Trinajstić information content (AvgIpc) is 2.78. The first kappa shape index (κ1) is 13.9. The summed E-state index contributed by atoms with van der Waals surface area (Å²) in [6.07, 6.45) is 3.22. The maximum atomic E-state index is 10.8. The second-order valence-corrected chi connectivity index (χ2v) is 6.56. The third-order valence-electron chi connectivity index (χ3n) is 2.68. The first-order valence-electron chi connectivity index (χ1n) is 6.05. The summed E-state index contributed by atoms with van der Waals surface area (Å²) in [6, 6.07) is 3.71. The highest BCUT2D eigenvalue weighted by Gasteiger charge is 2.12. The third kappa shape index (κ3) is 3.17. The van der Waals surface area contributed by atoms with Crippen LogP contribution in [0.15, 0.2) is 33.9 Å². The smallest absolute Gasteiger partial charge is 0.308 e. The fraction of sp³-hybridized carbons (Fsp3) is 0.154. The van der Waals surface area contributed by atoms with Crippen LogP contribution in [0.25, 0.3) is 11.2 Å². The summed E-state index contributed by atoms with van der Waals surface area (Å²) >= 11 is 2.78. The molecule has 0 aliphatic carbocycles. The number of aryl methyl sites for hydroxylation is 1. The molecule has 0 aliphatic rings. The minimum absolute atomic E-state index is 0.000679. The van der Waals surface area contributed by atoms with E-state index in [2.05, 4.69) is 19.9 Å². The number of pyridine rings is 1. The largest absolute Gasteiger partial charge is 0.481 e. The van der Waals surface area contributed by atoms with Gasteiger partial charge in [-0.2, -0.15) is 0 Å². The second kappa shape index (κ2) is 5.74. The normalized spacial score (nSPS) is 10.9. The first-order chi connectivity index (χ1) is 10.1. The number of nitrogens with zero attached hydrogens (tertiary/aromatic N) is 4. The zero-order valence-electron chi connectivity index (χ0n) is 11.0. The van der Waals surface area contributed by atoms with Crippen LogP contribution >= 0.6 is 23.1 Å². The molecule has 3 rings (SSSR count). The van der Waals surface area contributed by atoms with Crippen molar-refractivity contribution in [1.29, 1.82) is 0 Å². The van der Waals surface area contributed by atoms with Crippen molar-refractivity contribution in [3.8, 4) is 0 Å². The van der Waals surface area contributed by atoms with E-state index in [-0.39, 0.29) is 6.42 Å². The summed E-state index contributed by atoms with van der Waals surface area (Å²) in [5.74, 6) is -0.850. The fourth-order valence-corrected chi connectivity index (χ4v) is 3.87. The summed E-state index contributed by atoms with van der Waals surface area (Å²) in [7, 11) is 0. The number of carboxylic acids is 1. The molecule has 106 valence electrons. The molecule has 0 aliphatic heterocycles. The van der Waals surface area contributed by atoms with Gasteiger partial charge in [0.05, 0.1) is 12.1 Å². The quantitative estimate of drug-likeness (QED) is 0.790. The minimum atomic E-state index is -0.850. The van der Waals surface area contributed by atoms with Gasteiger partial charge < -0.3 is 5.11 Å². The monoisotopic (exact) mass is 318 g/mol. The van der Waals surface area contributed by atoms with E-state index in [0.717, 1.165) is 25.5 Å². The van der Waals surface area contributed by atoms with Gasteiger partial charge in [-0.05, 0) is 30.8 Å². The predicted molar refractivity (Wildman–Crippen MR) is 79.6 cm³/mol. The van der Waals surface area contributed by atoms with Crippen LogP contribution in [0.1, 0.15) is 10.6 Å². The Morgan fingerprint density at radius 2 is 2.10 bits per heavy atom. The molecule has 21 heavy (non-hydrogen) atoms. The van der Waals surface area contributed by atoms with Crippen molar-refractivity contribution in [2.75, 3.05) is 0 Å². The molecule has 0 saturated carbocycles. The Morgan fingerprint density at radius 1 is 1.29 bits per heavy atom. The molecule has 0 bridgehead atoms. The van der Waals surface area contributed by atoms with Crippen LogP contribution < -0.4 is 0 Å². The van der Waals surface area contributed by atoms with Crippen molar-refractivity contribution in [2.45, 2.75) is 22.7 Å². The molecule has 0 saturated heterocycles. The lowest BCUT2D eigenvalue weighted by Gasteiger charge is -1.98. The molecule has 0 aromatic carbocycles. The Labute approximate surface area is 128 Å². The van der Waals surface area contributed by atoms with Gasteiger partial charge in [0.25, 0.3) is 0 Å². The van der Waals surface area contributed by atoms with Crippen molar-refractivity contribution < 1.29 is 9.90 Å². The molecule has 8 heteroatoms. The number of carboxylic acid groups (broad SMARTS) is 1. The van der Waals surface area contributed by atoms with Gasteiger partial charge in [-0.25, -0.2) is 15.0 Å². The second-order valence-electron chi connectivity index (χ2n) is 4.21. The molecule has 3 aromatic heterocycles. The van der Waals surface area contributed by atoms with Crippen LogP contribution in [0.4, 0.5) is 0 Å². The maximum absolute atomic E-state index is 10.8. The van der Waals surface area contributed by atoms with Gasteiger partial charge in [0, 0.05) is 17.3 Å². The Hall–Kier alpha value is -2.06. The van der Waals surface area contributed by atoms with E-state index in [0.29, 0.717) is 5.65 Å². The zero-order chi connectivity index (χ0) is 14.8. The van der Waals surface area contributed by atoms with E-state index >= 15 is 0 Å². The zero-order valence-corrected chi connectivity index (χ0v) is 12.6. The maximum Gasteiger partial charge on any atom is 0.308 e. The number of aliphatic carboxylic acids is 1. The van der Waals surface area contributed by atoms with Gasteiger partial charge in [0.2, 0.25) is 0 Å². The van der Waals surface area contributed by atoms with Gasteiger partial charge in [0.1, 0.15) is 10.5 Å². The van der Waals surface area contributed by atoms with Crippen LogP contribution in [0.5, 0.6) is 0 Å². The van der Waals surface area contributed by atoms with Gasteiger partial charge in [-0.1, -0.05) is 0 Å². The highest BCUT2D eigenvalue weighted by molar-refractivity contribution is 8.01. The Kier molecular flexibility index (Phi) is 3.80. The topological polar surface area (TPSA) is 88.9 Å². The molecule has 0 spiro atoms. The van der Waals surface area contributed by atoms with Crippen molar-refractivity contribution in [3.63, 3.8) is 0 Å². The highest BCUT2D eigenvalue weighted by Crippen LogP contribution is 2.32. The molecule has 1 N–H and O–H groups in total. The summed E-state index contributed by atoms with van der Waals surface area (Å²) in [6.45, 7) is 1.82. The minimum Gasteiger partial charge on any atom is -0.481 e. The number of fused-ring (bicyclic) bond motifs is 1. The number of rotatable bonds is 4. The van der Waals surface area contributed by atoms with Gasteiger partial charge in [-0.3, -0.25) is 9.78 Å². The Morgan fingerprint density at radius 3 is 2.90 bits per heavy atom. The molecule has 6 nitrogen and oxygen atoms in total. The number of carbonyl (C=O) groups is 1. The lowest BCUT2D eigenvalue weighted by molar-refractivity contribution is -0.136. The predicted octanol–water partition coefficient (Wildman–Crippen LogP) is 2.57. The molecule has 0 radical (unpaired) electrons. The Bertz CT molecular complexity index is 819. The molecule has 3 aromatic rings. The highest BCUT2D eigenvalue weighted by atomic mass is 32.2. The standard InChI is InChI=1S/C13H10N4O2S2/c1-7-9(6-11(18)19)20-13(16-7)21-10-3-2-8-12(17-10)15-5-4-14-8/h2-5H,6H2,1H3,(H,18,19). The fourth-order valence-electron chi connectivity index (χ4n) is 1.73. The van der Waals surface area contributed by atoms with Crippen LogP contribution in [0.2, 0.25) is 0 Å². The molecule has 0 unspecified atom stereocenters. The summed E-state index contributed by atoms with van der Waals surface area (Å²) < 4.78 is 0.777. The number of hydrogen-bond acceptors (Lipinski definition) is 7. The van der Waals surface area contributed by atoms with E-state index in [1.807, 2.05) is 19.1 Å². The van der Waals surface area contributed by atoms with Crippen molar-refractivity contribution in [2.24, 2.45) is 0 Å². The lowest BCUT2D eigenvalue weighted by atomic mass is 10.3. The van der Waals surface area contributed by atoms with E-state index in [4.69, 9.17) is 5.11 Å².